The molecule has 1 atom stereocenters. The van der Waals surface area contributed by atoms with Crippen LogP contribution in [-0.4, -0.2) is 17.1 Å². The molecule has 0 aliphatic heterocycles. The standard InChI is InChI=1S/C17H16BrClFNO3/c1-10(17(22)23)21-8-11-7-12(18)5-6-16(11)24-9-13-14(19)3-2-4-15(13)20/h2-7,10,21H,8-9H2,1H3,(H,22,23). The molecule has 0 saturated carbocycles. The van der Waals surface area contributed by atoms with Gasteiger partial charge in [-0.05, 0) is 37.3 Å². The first-order valence-electron chi connectivity index (χ1n) is 7.18. The zero-order valence-corrected chi connectivity index (χ0v) is 15.2. The van der Waals surface area contributed by atoms with Crippen molar-refractivity contribution in [3.05, 3.63) is 62.8 Å². The number of halogens is 3. The maximum Gasteiger partial charge on any atom is 0.320 e. The highest BCUT2D eigenvalue weighted by atomic mass is 79.9. The van der Waals surface area contributed by atoms with Crippen LogP contribution >= 0.6 is 27.5 Å². The summed E-state index contributed by atoms with van der Waals surface area (Å²) in [6.07, 6.45) is 0. The molecule has 2 rings (SSSR count). The third-order valence-electron chi connectivity index (χ3n) is 3.43. The molecule has 0 aliphatic rings. The predicted octanol–water partition coefficient (Wildman–Crippen LogP) is 4.38. The van der Waals surface area contributed by atoms with Gasteiger partial charge in [-0.25, -0.2) is 4.39 Å². The molecule has 24 heavy (non-hydrogen) atoms. The third kappa shape index (κ3) is 4.93. The minimum atomic E-state index is -0.939. The van der Waals surface area contributed by atoms with Crippen molar-refractivity contribution >= 4 is 33.5 Å². The summed E-state index contributed by atoms with van der Waals surface area (Å²) < 4.78 is 20.3. The lowest BCUT2D eigenvalue weighted by atomic mass is 10.2. The van der Waals surface area contributed by atoms with Gasteiger partial charge >= 0.3 is 5.97 Å². The number of hydrogen-bond donors (Lipinski definition) is 2. The van der Waals surface area contributed by atoms with Crippen LogP contribution in [0, 0.1) is 5.82 Å². The van der Waals surface area contributed by atoms with E-state index in [1.807, 2.05) is 6.07 Å². The van der Waals surface area contributed by atoms with E-state index in [1.54, 1.807) is 25.1 Å². The Hall–Kier alpha value is -1.63. The van der Waals surface area contributed by atoms with Gasteiger partial charge in [-0.15, -0.1) is 0 Å². The van der Waals surface area contributed by atoms with E-state index >= 15 is 0 Å². The fourth-order valence-electron chi connectivity index (χ4n) is 2.00. The van der Waals surface area contributed by atoms with Gasteiger partial charge in [0.1, 0.15) is 24.2 Å². The molecular weight excluding hydrogens is 401 g/mol. The molecule has 0 fully saturated rings. The van der Waals surface area contributed by atoms with Gasteiger partial charge < -0.3 is 15.2 Å². The second kappa shape index (κ2) is 8.46. The average Bonchev–Trinajstić information content (AvgIpc) is 2.53. The number of carboxylic acid groups (broad SMARTS) is 1. The van der Waals surface area contributed by atoms with Crippen LogP contribution < -0.4 is 10.1 Å². The van der Waals surface area contributed by atoms with E-state index in [9.17, 15) is 9.18 Å². The normalized spacial score (nSPS) is 12.0. The first-order valence-corrected chi connectivity index (χ1v) is 8.36. The Balaban J connectivity index is 2.13. The van der Waals surface area contributed by atoms with Gasteiger partial charge in [-0.2, -0.15) is 0 Å². The SMILES string of the molecule is CC(NCc1cc(Br)ccc1OCc1c(F)cccc1Cl)C(=O)O. The Labute approximate surface area is 152 Å². The van der Waals surface area contributed by atoms with E-state index in [2.05, 4.69) is 21.2 Å². The molecule has 0 aromatic heterocycles. The molecule has 7 heteroatoms. The Morgan fingerprint density at radius 1 is 1.42 bits per heavy atom. The number of nitrogens with one attached hydrogen (secondary N) is 1. The van der Waals surface area contributed by atoms with E-state index in [0.29, 0.717) is 17.3 Å². The number of aliphatic carboxylic acids is 1. The van der Waals surface area contributed by atoms with Crippen molar-refractivity contribution in [1.29, 1.82) is 0 Å². The fourth-order valence-corrected chi connectivity index (χ4v) is 2.62. The van der Waals surface area contributed by atoms with E-state index in [4.69, 9.17) is 21.4 Å². The first-order chi connectivity index (χ1) is 11.4. The highest BCUT2D eigenvalue weighted by Gasteiger charge is 2.13. The van der Waals surface area contributed by atoms with Crippen molar-refractivity contribution in [2.24, 2.45) is 0 Å². The molecule has 0 aliphatic carbocycles. The van der Waals surface area contributed by atoms with Crippen molar-refractivity contribution in [1.82, 2.24) is 5.32 Å². The zero-order valence-electron chi connectivity index (χ0n) is 12.9. The second-order valence-corrected chi connectivity index (χ2v) is 6.50. The van der Waals surface area contributed by atoms with Crippen molar-refractivity contribution in [2.45, 2.75) is 26.1 Å². The number of benzene rings is 2. The summed E-state index contributed by atoms with van der Waals surface area (Å²) in [6, 6.07) is 9.11. The molecule has 0 heterocycles. The second-order valence-electron chi connectivity index (χ2n) is 5.18. The first kappa shape index (κ1) is 18.7. The van der Waals surface area contributed by atoms with Crippen LogP contribution in [0.3, 0.4) is 0 Å². The number of rotatable bonds is 7. The molecular formula is C17H16BrClFNO3. The summed E-state index contributed by atoms with van der Waals surface area (Å²) >= 11 is 9.36. The molecule has 0 amide bonds. The molecule has 0 spiro atoms. The Kier molecular flexibility index (Phi) is 6.60. The Morgan fingerprint density at radius 3 is 2.83 bits per heavy atom. The molecule has 1 unspecified atom stereocenters. The zero-order chi connectivity index (χ0) is 17.7. The summed E-state index contributed by atoms with van der Waals surface area (Å²) in [6.45, 7) is 1.84. The summed E-state index contributed by atoms with van der Waals surface area (Å²) in [7, 11) is 0. The monoisotopic (exact) mass is 415 g/mol. The van der Waals surface area contributed by atoms with Crippen LogP contribution in [0.2, 0.25) is 5.02 Å². The maximum absolute atomic E-state index is 13.8. The van der Waals surface area contributed by atoms with Gasteiger partial charge in [-0.1, -0.05) is 33.6 Å². The van der Waals surface area contributed by atoms with Crippen molar-refractivity contribution < 1.29 is 19.0 Å². The van der Waals surface area contributed by atoms with Crippen molar-refractivity contribution in [3.63, 3.8) is 0 Å². The molecule has 2 N–H and O–H groups in total. The Morgan fingerprint density at radius 2 is 2.17 bits per heavy atom. The summed E-state index contributed by atoms with van der Waals surface area (Å²) in [4.78, 5) is 10.9. The fraction of sp³-hybridized carbons (Fsp3) is 0.235. The van der Waals surface area contributed by atoms with Gasteiger partial charge in [-0.3, -0.25) is 4.79 Å². The van der Waals surface area contributed by atoms with Crippen molar-refractivity contribution in [3.8, 4) is 5.75 Å². The van der Waals surface area contributed by atoms with Crippen LogP contribution in [0.25, 0.3) is 0 Å². The number of hydrogen-bond acceptors (Lipinski definition) is 3. The lowest BCUT2D eigenvalue weighted by Crippen LogP contribution is -2.33. The lowest BCUT2D eigenvalue weighted by molar-refractivity contribution is -0.139. The van der Waals surface area contributed by atoms with E-state index in [0.717, 1.165) is 10.0 Å². The molecule has 0 saturated heterocycles. The van der Waals surface area contributed by atoms with Crippen LogP contribution in [0.4, 0.5) is 4.39 Å². The van der Waals surface area contributed by atoms with Crippen molar-refractivity contribution in [2.75, 3.05) is 0 Å². The van der Waals surface area contributed by atoms with Gasteiger partial charge in [0.2, 0.25) is 0 Å². The lowest BCUT2D eigenvalue weighted by Gasteiger charge is -2.15. The molecule has 2 aromatic carbocycles. The predicted molar refractivity (Wildman–Crippen MR) is 93.8 cm³/mol. The summed E-state index contributed by atoms with van der Waals surface area (Å²) in [5.74, 6) is -0.841. The van der Waals surface area contributed by atoms with Gasteiger partial charge in [0.25, 0.3) is 0 Å². The molecule has 0 radical (unpaired) electrons. The average molecular weight is 417 g/mol. The number of carbonyl (C=O) groups is 1. The maximum atomic E-state index is 13.8. The van der Waals surface area contributed by atoms with Crippen LogP contribution in [0.15, 0.2) is 40.9 Å². The van der Waals surface area contributed by atoms with Gasteiger partial charge in [0, 0.05) is 22.1 Å². The van der Waals surface area contributed by atoms with E-state index in [-0.39, 0.29) is 12.2 Å². The molecule has 2 aromatic rings. The van der Waals surface area contributed by atoms with Gasteiger partial charge in [0.05, 0.1) is 5.02 Å². The minimum Gasteiger partial charge on any atom is -0.488 e. The quantitative estimate of drug-likeness (QED) is 0.703. The molecule has 4 nitrogen and oxygen atoms in total. The number of ether oxygens (including phenoxy) is 1. The van der Waals surface area contributed by atoms with Crippen LogP contribution in [0.5, 0.6) is 5.75 Å². The van der Waals surface area contributed by atoms with Gasteiger partial charge in [0.15, 0.2) is 0 Å². The summed E-state index contributed by atoms with van der Waals surface area (Å²) in [5.41, 5.74) is 1.03. The van der Waals surface area contributed by atoms with Crippen LogP contribution in [-0.2, 0) is 17.9 Å². The summed E-state index contributed by atoms with van der Waals surface area (Å²) in [5, 5.41) is 12.1. The van der Waals surface area contributed by atoms with Crippen LogP contribution in [0.1, 0.15) is 18.1 Å². The largest absolute Gasteiger partial charge is 0.488 e. The number of carboxylic acids is 1. The topological polar surface area (TPSA) is 58.6 Å². The highest BCUT2D eigenvalue weighted by molar-refractivity contribution is 9.10. The molecule has 0 bridgehead atoms. The van der Waals surface area contributed by atoms with E-state index in [1.165, 1.54) is 12.1 Å². The Bertz CT molecular complexity index is 722. The molecule has 128 valence electrons. The van der Waals surface area contributed by atoms with E-state index < -0.39 is 17.8 Å². The third-order valence-corrected chi connectivity index (χ3v) is 4.27. The minimum absolute atomic E-state index is 0.0192. The highest BCUT2D eigenvalue weighted by Crippen LogP contribution is 2.26. The smallest absolute Gasteiger partial charge is 0.320 e.